The van der Waals surface area contributed by atoms with Gasteiger partial charge in [0.1, 0.15) is 6.61 Å². The van der Waals surface area contributed by atoms with Gasteiger partial charge in [0.05, 0.1) is 12.5 Å². The van der Waals surface area contributed by atoms with Gasteiger partial charge in [0.25, 0.3) is 0 Å². The fraction of sp³-hybridized carbons (Fsp3) is 0.500. The largest absolute Gasteiger partial charge is 0.488 e. The summed E-state index contributed by atoms with van der Waals surface area (Å²) in [5.74, 6) is 0.0920. The molecule has 0 aromatic heterocycles. The van der Waals surface area contributed by atoms with E-state index in [1.165, 1.54) is 6.07 Å². The van der Waals surface area contributed by atoms with E-state index in [0.717, 1.165) is 6.42 Å². The Morgan fingerprint density at radius 1 is 1.25 bits per heavy atom. The van der Waals surface area contributed by atoms with Gasteiger partial charge in [-0.2, -0.15) is 0 Å². The Labute approximate surface area is 100 Å². The standard InChI is InChI=1S/C12H16ClFO2/c1-2-6-15-7-8-16-12-10(9-13)4-3-5-11(12)14/h3-5H,2,6-9H2,1H3. The summed E-state index contributed by atoms with van der Waals surface area (Å²) in [5, 5.41) is 0. The average Bonchev–Trinajstić information content (AvgIpc) is 2.30. The molecule has 0 spiro atoms. The van der Waals surface area contributed by atoms with Gasteiger partial charge in [-0.3, -0.25) is 0 Å². The van der Waals surface area contributed by atoms with Crippen molar-refractivity contribution >= 4 is 11.6 Å². The van der Waals surface area contributed by atoms with Crippen LogP contribution in [0.2, 0.25) is 0 Å². The maximum atomic E-state index is 13.4. The lowest BCUT2D eigenvalue weighted by Gasteiger charge is -2.10. The minimum absolute atomic E-state index is 0.234. The van der Waals surface area contributed by atoms with Crippen molar-refractivity contribution in [2.24, 2.45) is 0 Å². The normalized spacial score (nSPS) is 10.4. The number of para-hydroxylation sites is 1. The van der Waals surface area contributed by atoms with Gasteiger partial charge in [0.2, 0.25) is 0 Å². The fourth-order valence-electron chi connectivity index (χ4n) is 1.27. The van der Waals surface area contributed by atoms with Gasteiger partial charge in [-0.1, -0.05) is 19.1 Å². The summed E-state index contributed by atoms with van der Waals surface area (Å²) in [6.07, 6.45) is 0.965. The van der Waals surface area contributed by atoms with Crippen LogP contribution in [-0.4, -0.2) is 19.8 Å². The van der Waals surface area contributed by atoms with Crippen molar-refractivity contribution in [2.75, 3.05) is 19.8 Å². The molecule has 16 heavy (non-hydrogen) atoms. The van der Waals surface area contributed by atoms with Crippen molar-refractivity contribution in [1.29, 1.82) is 0 Å². The van der Waals surface area contributed by atoms with Crippen LogP contribution in [-0.2, 0) is 10.6 Å². The number of halogens is 2. The Bertz CT molecular complexity index is 318. The van der Waals surface area contributed by atoms with Gasteiger partial charge < -0.3 is 9.47 Å². The lowest BCUT2D eigenvalue weighted by molar-refractivity contribution is 0.0989. The minimum atomic E-state index is -0.381. The summed E-state index contributed by atoms with van der Waals surface area (Å²) in [6.45, 7) is 3.53. The van der Waals surface area contributed by atoms with E-state index in [0.29, 0.717) is 25.4 Å². The van der Waals surface area contributed by atoms with Crippen molar-refractivity contribution in [3.05, 3.63) is 29.6 Å². The second-order valence-electron chi connectivity index (χ2n) is 3.32. The van der Waals surface area contributed by atoms with E-state index in [2.05, 4.69) is 0 Å². The molecule has 0 aliphatic rings. The van der Waals surface area contributed by atoms with Crippen LogP contribution in [0.25, 0.3) is 0 Å². The van der Waals surface area contributed by atoms with Gasteiger partial charge in [-0.25, -0.2) is 4.39 Å². The quantitative estimate of drug-likeness (QED) is 0.543. The number of rotatable bonds is 7. The van der Waals surface area contributed by atoms with E-state index in [1.54, 1.807) is 12.1 Å². The van der Waals surface area contributed by atoms with Crippen molar-refractivity contribution < 1.29 is 13.9 Å². The Morgan fingerprint density at radius 3 is 2.75 bits per heavy atom. The Morgan fingerprint density at radius 2 is 2.06 bits per heavy atom. The molecule has 0 aliphatic heterocycles. The highest BCUT2D eigenvalue weighted by atomic mass is 35.5. The van der Waals surface area contributed by atoms with Crippen molar-refractivity contribution in [2.45, 2.75) is 19.2 Å². The van der Waals surface area contributed by atoms with Crippen LogP contribution in [0.3, 0.4) is 0 Å². The van der Waals surface area contributed by atoms with E-state index >= 15 is 0 Å². The molecule has 0 atom stereocenters. The van der Waals surface area contributed by atoms with Crippen LogP contribution in [0.15, 0.2) is 18.2 Å². The summed E-state index contributed by atoms with van der Waals surface area (Å²) in [5.41, 5.74) is 0.664. The van der Waals surface area contributed by atoms with E-state index in [1.807, 2.05) is 6.92 Å². The number of hydrogen-bond donors (Lipinski definition) is 0. The van der Waals surface area contributed by atoms with Gasteiger partial charge in [-0.05, 0) is 12.5 Å². The molecule has 0 N–H and O–H groups in total. The van der Waals surface area contributed by atoms with E-state index in [4.69, 9.17) is 21.1 Å². The maximum absolute atomic E-state index is 13.4. The number of alkyl halides is 1. The van der Waals surface area contributed by atoms with Crippen molar-refractivity contribution in [3.8, 4) is 5.75 Å². The summed E-state index contributed by atoms with van der Waals surface area (Å²) in [6, 6.07) is 4.73. The van der Waals surface area contributed by atoms with Crippen LogP contribution >= 0.6 is 11.6 Å². The van der Waals surface area contributed by atoms with Gasteiger partial charge >= 0.3 is 0 Å². The molecule has 0 saturated heterocycles. The highest BCUT2D eigenvalue weighted by Crippen LogP contribution is 2.23. The van der Waals surface area contributed by atoms with Crippen LogP contribution in [0, 0.1) is 5.82 Å². The minimum Gasteiger partial charge on any atom is -0.488 e. The topological polar surface area (TPSA) is 18.5 Å². The first-order valence-corrected chi connectivity index (χ1v) is 5.87. The number of benzene rings is 1. The highest BCUT2D eigenvalue weighted by molar-refractivity contribution is 6.17. The van der Waals surface area contributed by atoms with Crippen LogP contribution < -0.4 is 4.74 Å². The first-order chi connectivity index (χ1) is 7.79. The molecule has 0 amide bonds. The summed E-state index contributed by atoms with van der Waals surface area (Å²) in [4.78, 5) is 0. The molecule has 0 heterocycles. The molecular formula is C12H16ClFO2. The maximum Gasteiger partial charge on any atom is 0.165 e. The second kappa shape index (κ2) is 7.47. The van der Waals surface area contributed by atoms with E-state index in [-0.39, 0.29) is 17.4 Å². The fourth-order valence-corrected chi connectivity index (χ4v) is 1.48. The lowest BCUT2D eigenvalue weighted by atomic mass is 10.2. The molecule has 0 saturated carbocycles. The third kappa shape index (κ3) is 3.99. The summed E-state index contributed by atoms with van der Waals surface area (Å²) in [7, 11) is 0. The molecule has 0 fully saturated rings. The summed E-state index contributed by atoms with van der Waals surface area (Å²) < 4.78 is 23.9. The zero-order valence-electron chi connectivity index (χ0n) is 9.34. The third-order valence-corrected chi connectivity index (χ3v) is 2.30. The predicted molar refractivity (Wildman–Crippen MR) is 62.6 cm³/mol. The molecule has 0 aliphatic carbocycles. The van der Waals surface area contributed by atoms with Gasteiger partial charge in [-0.15, -0.1) is 11.6 Å². The molecule has 0 unspecified atom stereocenters. The monoisotopic (exact) mass is 246 g/mol. The predicted octanol–water partition coefficient (Wildman–Crippen LogP) is 3.37. The molecule has 2 nitrogen and oxygen atoms in total. The zero-order valence-corrected chi connectivity index (χ0v) is 10.1. The van der Waals surface area contributed by atoms with E-state index in [9.17, 15) is 4.39 Å². The van der Waals surface area contributed by atoms with Gasteiger partial charge in [0, 0.05) is 12.2 Å². The first kappa shape index (κ1) is 13.3. The second-order valence-corrected chi connectivity index (χ2v) is 3.59. The highest BCUT2D eigenvalue weighted by Gasteiger charge is 2.08. The molecule has 4 heteroatoms. The van der Waals surface area contributed by atoms with Crippen molar-refractivity contribution in [1.82, 2.24) is 0 Å². The molecule has 1 aromatic rings. The molecule has 1 rings (SSSR count). The number of ether oxygens (including phenoxy) is 2. The lowest BCUT2D eigenvalue weighted by Crippen LogP contribution is -2.09. The van der Waals surface area contributed by atoms with E-state index < -0.39 is 0 Å². The average molecular weight is 247 g/mol. The van der Waals surface area contributed by atoms with Crippen LogP contribution in [0.5, 0.6) is 5.75 Å². The Balaban J connectivity index is 2.46. The molecule has 1 aromatic carbocycles. The van der Waals surface area contributed by atoms with Crippen molar-refractivity contribution in [3.63, 3.8) is 0 Å². The number of hydrogen-bond acceptors (Lipinski definition) is 2. The van der Waals surface area contributed by atoms with Crippen LogP contribution in [0.4, 0.5) is 4.39 Å². The van der Waals surface area contributed by atoms with Crippen LogP contribution in [0.1, 0.15) is 18.9 Å². The molecule has 0 bridgehead atoms. The SMILES string of the molecule is CCCOCCOc1c(F)cccc1CCl. The summed E-state index contributed by atoms with van der Waals surface area (Å²) >= 11 is 5.69. The Kier molecular flexibility index (Phi) is 6.19. The van der Waals surface area contributed by atoms with Gasteiger partial charge in [0.15, 0.2) is 11.6 Å². The molecule has 90 valence electrons. The first-order valence-electron chi connectivity index (χ1n) is 5.33. The molecular weight excluding hydrogens is 231 g/mol. The smallest absolute Gasteiger partial charge is 0.165 e. The third-order valence-electron chi connectivity index (χ3n) is 2.02. The molecule has 0 radical (unpaired) electrons. The zero-order chi connectivity index (χ0) is 11.8. The Hall–Kier alpha value is -0.800.